The molecule has 15 rings (SSSR count). The van der Waals surface area contributed by atoms with E-state index >= 15 is 0 Å². The van der Waals surface area contributed by atoms with Crippen LogP contribution in [0, 0.1) is 17.8 Å². The SMILES string of the molecule is CC1CN(c2ncccc2C(=O)CS(=O)(=O)c2cccc(N3Cc4cccc5cccc(c45)C3)n2)C(C)(C)C1.CC1CN(c2ncccc2C(=O)NS(=O)(=O)c2cccc(N3CCC(c4ccccc4)CC3)n2)C(C)(C)C1.CCCCCN1CCN(c2cccc(S(=O)(=O)NC(=O)c3cccnc3N3CC(C)CC3(C)C)n2)CC1. The number of hydrogen-bond acceptors (Lipinski definition) is 22. The Hall–Kier alpha value is -9.96. The van der Waals surface area contributed by atoms with E-state index in [1.165, 1.54) is 64.9 Å². The van der Waals surface area contributed by atoms with Crippen LogP contribution in [0.3, 0.4) is 0 Å². The number of pyridine rings is 6. The van der Waals surface area contributed by atoms with Crippen molar-refractivity contribution in [2.24, 2.45) is 17.8 Å². The number of aromatic nitrogens is 6. The van der Waals surface area contributed by atoms with E-state index in [1.807, 2.05) is 36.4 Å². The number of carbonyl (C=O) groups excluding carboxylic acids is 3. The monoisotopic (exact) mass is 1600 g/mol. The van der Waals surface area contributed by atoms with Crippen LogP contribution in [0.1, 0.15) is 174 Å². The number of piperazine rings is 1. The predicted octanol–water partition coefficient (Wildman–Crippen LogP) is 13.6. The maximum atomic E-state index is 13.5. The third-order valence-corrected chi connectivity index (χ3v) is 26.9. The summed E-state index contributed by atoms with van der Waals surface area (Å²) < 4.78 is 84.3. The Morgan fingerprint density at radius 1 is 0.447 bits per heavy atom. The van der Waals surface area contributed by atoms with E-state index in [1.54, 1.807) is 73.2 Å². The van der Waals surface area contributed by atoms with Crippen molar-refractivity contribution in [1.29, 1.82) is 0 Å². The van der Waals surface area contributed by atoms with Crippen molar-refractivity contribution in [3.8, 4) is 0 Å². The fraction of sp³-hybridized carbons (Fsp3) is 0.437. The van der Waals surface area contributed by atoms with E-state index in [-0.39, 0.29) is 42.8 Å². The zero-order valence-corrected chi connectivity index (χ0v) is 69.6. The van der Waals surface area contributed by atoms with Crippen LogP contribution in [0.25, 0.3) is 10.8 Å². The standard InChI is InChI=1S/C31H32N4O3S.C29H35N5O3S.C27H40N6O3S/c1-21-16-31(2,3)35(17-21)30-25(12-7-15-32-30)26(36)20-39(37,38)28-14-6-13-27(33-28)34-18-23-10-4-8-22-9-5-11-24(19-34)29(22)23;1-21-19-29(2,3)34(20-21)27-24(11-8-16-30-27)28(35)32-38(36,37)26-13-7-12-25(31-26)33-17-14-23(15-18-33)22-9-5-4-6-10-22;1-5-6-7-14-31-15-17-32(18-16-31)23-11-8-12-24(29-23)37(35,36)30-26(34)22-10-9-13-28-25(22)33-20-21(2)19-27(33,3)4/h4-15,21H,16-20H2,1-3H3;4-13,16,21,23H,14-15,17-20H2,1-3H3,(H,32,35);8-13,21H,5-7,14-20H2,1-4H3,(H,30,34). The first-order chi connectivity index (χ1) is 54.4. The fourth-order valence-corrected chi connectivity index (χ4v) is 20.7. The van der Waals surface area contributed by atoms with Crippen molar-refractivity contribution in [3.05, 3.63) is 210 Å². The highest BCUT2D eigenvalue weighted by atomic mass is 32.2. The first kappa shape index (κ1) is 82.0. The van der Waals surface area contributed by atoms with Crippen molar-refractivity contribution in [2.45, 2.75) is 171 Å². The first-order valence-electron chi connectivity index (χ1n) is 39.9. The molecule has 2 amide bonds. The number of sulfonamides is 2. The molecule has 3 atom stereocenters. The number of ketones is 1. The number of Topliss-reactive ketones (excluding diaryl/α,β-unsaturated/α-hetero) is 1. The highest BCUT2D eigenvalue weighted by Crippen LogP contribution is 2.42. The van der Waals surface area contributed by atoms with Gasteiger partial charge in [-0.2, -0.15) is 16.8 Å². The lowest BCUT2D eigenvalue weighted by molar-refractivity contribution is 0.0972. The molecule has 114 heavy (non-hydrogen) atoms. The van der Waals surface area contributed by atoms with Crippen molar-refractivity contribution in [3.63, 3.8) is 0 Å². The second-order valence-electron chi connectivity index (χ2n) is 33.4. The molecule has 0 spiro atoms. The Kier molecular flexibility index (Phi) is 24.6. The second kappa shape index (κ2) is 34.2. The van der Waals surface area contributed by atoms with Gasteiger partial charge in [-0.25, -0.2) is 47.8 Å². The highest BCUT2D eigenvalue weighted by Gasteiger charge is 2.43. The lowest BCUT2D eigenvalue weighted by Crippen LogP contribution is -2.47. The van der Waals surface area contributed by atoms with Crippen LogP contribution in [0.4, 0.5) is 34.9 Å². The molecule has 0 radical (unpaired) electrons. The summed E-state index contributed by atoms with van der Waals surface area (Å²) in [6.07, 6.45) is 13.4. The lowest BCUT2D eigenvalue weighted by atomic mass is 9.89. The van der Waals surface area contributed by atoms with Gasteiger partial charge in [0.15, 0.2) is 20.9 Å². The van der Waals surface area contributed by atoms with Crippen LogP contribution in [-0.2, 0) is 43.0 Å². The average Bonchev–Trinajstić information content (AvgIpc) is 1.78. The van der Waals surface area contributed by atoms with Crippen molar-refractivity contribution >= 4 is 93.2 Å². The maximum absolute atomic E-state index is 13.5. The van der Waals surface area contributed by atoms with Gasteiger partial charge in [0.2, 0.25) is 9.84 Å². The van der Waals surface area contributed by atoms with Gasteiger partial charge < -0.3 is 29.4 Å². The molecule has 6 aromatic heterocycles. The predicted molar refractivity (Wildman–Crippen MR) is 449 cm³/mol. The van der Waals surface area contributed by atoms with Crippen LogP contribution in [0.2, 0.25) is 0 Å². The van der Waals surface area contributed by atoms with Gasteiger partial charge in [0.25, 0.3) is 31.9 Å². The molecule has 0 aliphatic carbocycles. The first-order valence-corrected chi connectivity index (χ1v) is 44.5. The smallest absolute Gasteiger partial charge is 0.281 e. The van der Waals surface area contributed by atoms with Crippen LogP contribution in [0.15, 0.2) is 191 Å². The summed E-state index contributed by atoms with van der Waals surface area (Å²) in [4.78, 5) is 81.9. The molecule has 6 aliphatic heterocycles. The number of hydrogen-bond donors (Lipinski definition) is 2. The zero-order chi connectivity index (χ0) is 80.9. The maximum Gasteiger partial charge on any atom is 0.281 e. The largest absolute Gasteiger partial charge is 0.357 e. The number of carbonyl (C=O) groups is 3. The molecule has 9 aromatic rings. The van der Waals surface area contributed by atoms with Gasteiger partial charge in [-0.1, -0.05) is 125 Å². The average molecular weight is 1600 g/mol. The minimum atomic E-state index is -4.19. The number of anilines is 6. The summed E-state index contributed by atoms with van der Waals surface area (Å²) >= 11 is 0. The topological polar surface area (TPSA) is 278 Å². The Bertz CT molecular complexity index is 5290. The van der Waals surface area contributed by atoms with Gasteiger partial charge in [-0.3, -0.25) is 19.3 Å². The Morgan fingerprint density at radius 2 is 0.860 bits per heavy atom. The van der Waals surface area contributed by atoms with Crippen molar-refractivity contribution in [2.75, 3.05) is 101 Å². The van der Waals surface area contributed by atoms with E-state index in [0.29, 0.717) is 77.2 Å². The normalized spacial score (nSPS) is 19.5. The number of amides is 2. The quantitative estimate of drug-likeness (QED) is 0.0499. The Balaban J connectivity index is 0.000000149. The van der Waals surface area contributed by atoms with Gasteiger partial charge in [-0.15, -0.1) is 0 Å². The van der Waals surface area contributed by atoms with Crippen molar-refractivity contribution in [1.82, 2.24) is 44.2 Å². The molecule has 602 valence electrons. The fourth-order valence-electron chi connectivity index (χ4n) is 17.6. The summed E-state index contributed by atoms with van der Waals surface area (Å²) in [6.45, 7) is 31.1. The Morgan fingerprint density at radius 3 is 1.31 bits per heavy atom. The number of unbranched alkanes of at least 4 members (excludes halogenated alkanes) is 2. The zero-order valence-electron chi connectivity index (χ0n) is 67.1. The van der Waals surface area contributed by atoms with E-state index in [4.69, 9.17) is 0 Å². The molecule has 0 saturated carbocycles. The molecular formula is C87H107N15O9S3. The summed E-state index contributed by atoms with van der Waals surface area (Å²) in [6, 6.07) is 47.7. The minimum absolute atomic E-state index is 0.0917. The third-order valence-electron chi connectivity index (χ3n) is 22.9. The van der Waals surface area contributed by atoms with Crippen LogP contribution >= 0.6 is 0 Å². The molecule has 3 aromatic carbocycles. The van der Waals surface area contributed by atoms with E-state index in [2.05, 4.69) is 191 Å². The summed E-state index contributed by atoms with van der Waals surface area (Å²) in [5, 5.41) is 2.03. The van der Waals surface area contributed by atoms with E-state index < -0.39 is 53.2 Å². The van der Waals surface area contributed by atoms with Crippen LogP contribution in [0.5, 0.6) is 0 Å². The molecule has 6 aliphatic rings. The summed E-state index contributed by atoms with van der Waals surface area (Å²) in [5.74, 6) is 2.61. The minimum Gasteiger partial charge on any atom is -0.357 e. The number of rotatable bonds is 21. The highest BCUT2D eigenvalue weighted by molar-refractivity contribution is 7.92. The molecule has 5 fully saturated rings. The number of sulfone groups is 1. The van der Waals surface area contributed by atoms with Gasteiger partial charge >= 0.3 is 0 Å². The summed E-state index contributed by atoms with van der Waals surface area (Å²) in [7, 11) is -12.3. The number of nitrogens with one attached hydrogen (secondary N) is 2. The second-order valence-corrected chi connectivity index (χ2v) is 38.6. The third kappa shape index (κ3) is 18.7. The molecule has 3 unspecified atom stereocenters. The van der Waals surface area contributed by atoms with Crippen molar-refractivity contribution < 1.29 is 39.6 Å². The molecule has 5 saturated heterocycles. The number of nitrogens with zero attached hydrogens (tertiary/aromatic N) is 13. The molecular weight excluding hydrogens is 1500 g/mol. The van der Waals surface area contributed by atoms with E-state index in [0.717, 1.165) is 97.6 Å². The number of piperidine rings is 1. The number of benzene rings is 3. The van der Waals surface area contributed by atoms with Crippen LogP contribution in [-0.4, -0.2) is 165 Å². The van der Waals surface area contributed by atoms with E-state index in [9.17, 15) is 39.6 Å². The molecule has 2 N–H and O–H groups in total. The lowest BCUT2D eigenvalue weighted by Gasteiger charge is -2.35. The van der Waals surface area contributed by atoms with Gasteiger partial charge in [-0.05, 0) is 211 Å². The Labute approximate surface area is 672 Å². The molecule has 0 bridgehead atoms. The van der Waals surface area contributed by atoms with Crippen LogP contribution < -0.4 is 38.8 Å². The molecule has 12 heterocycles. The molecule has 24 nitrogen and oxygen atoms in total. The van der Waals surface area contributed by atoms with Gasteiger partial charge in [0, 0.05) is 107 Å². The molecule has 27 heteroatoms. The van der Waals surface area contributed by atoms with Gasteiger partial charge in [0.05, 0.1) is 16.7 Å². The summed E-state index contributed by atoms with van der Waals surface area (Å²) in [5.41, 5.74) is 3.96. The van der Waals surface area contributed by atoms with Gasteiger partial charge in [0.1, 0.15) is 40.7 Å².